The number of aliphatic hydroxyl groups excluding tert-OH is 1. The Kier molecular flexibility index (Phi) is 2.67. The fraction of sp³-hybridized carbons (Fsp3) is 0.833. The molecule has 5 atom stereocenters. The predicted molar refractivity (Wildman–Crippen MR) is 61.1 cm³/mol. The molecule has 0 aromatic carbocycles. The first-order chi connectivity index (χ1) is 8.15. The molecule has 1 aromatic rings. The maximum Gasteiger partial charge on any atom is 0.246 e. The molecule has 3 unspecified atom stereocenters. The first kappa shape index (κ1) is 11.2. The Bertz CT molecular complexity index is 404. The normalized spacial score (nSPS) is 35.1. The van der Waals surface area contributed by atoms with Crippen molar-refractivity contribution in [1.82, 2.24) is 10.1 Å². The topological polar surface area (TPSA) is 85.2 Å². The molecule has 2 saturated carbocycles. The third-order valence-corrected chi connectivity index (χ3v) is 4.33. The molecule has 1 aromatic heterocycles. The number of fused-ring (bicyclic) bond motifs is 2. The van der Waals surface area contributed by atoms with Crippen molar-refractivity contribution in [1.29, 1.82) is 0 Å². The quantitative estimate of drug-likeness (QED) is 0.829. The summed E-state index contributed by atoms with van der Waals surface area (Å²) in [4.78, 5) is 4.37. The molecule has 5 heteroatoms. The van der Waals surface area contributed by atoms with Crippen molar-refractivity contribution in [2.24, 2.45) is 17.6 Å². The van der Waals surface area contributed by atoms with Crippen LogP contribution in [-0.4, -0.2) is 21.4 Å². The second kappa shape index (κ2) is 4.07. The summed E-state index contributed by atoms with van der Waals surface area (Å²) in [6.07, 6.45) is 4.49. The van der Waals surface area contributed by atoms with E-state index in [1.807, 2.05) is 0 Å². The van der Waals surface area contributed by atoms with E-state index in [1.165, 1.54) is 25.7 Å². The zero-order valence-corrected chi connectivity index (χ0v) is 10.0. The van der Waals surface area contributed by atoms with Gasteiger partial charge in [0, 0.05) is 5.92 Å². The van der Waals surface area contributed by atoms with Crippen LogP contribution in [0.1, 0.15) is 56.3 Å². The van der Waals surface area contributed by atoms with Gasteiger partial charge in [0.2, 0.25) is 5.89 Å². The second-order valence-corrected chi connectivity index (χ2v) is 5.54. The Labute approximate surface area is 100 Å². The standard InChI is InChI=1S/C12H19N3O2/c1-6(16)10(13)12-14-11(15-17-12)9-5-7-2-3-8(9)4-7/h6-10,16H,2-5,13H2,1H3/t6-,7?,8?,9?,10+/m1/s1. The first-order valence-corrected chi connectivity index (χ1v) is 6.42. The molecule has 0 spiro atoms. The van der Waals surface area contributed by atoms with E-state index in [0.29, 0.717) is 11.8 Å². The van der Waals surface area contributed by atoms with Crippen molar-refractivity contribution in [3.8, 4) is 0 Å². The van der Waals surface area contributed by atoms with Gasteiger partial charge in [-0.15, -0.1) is 0 Å². The van der Waals surface area contributed by atoms with Gasteiger partial charge >= 0.3 is 0 Å². The highest BCUT2D eigenvalue weighted by Gasteiger charge is 2.42. The van der Waals surface area contributed by atoms with Gasteiger partial charge in [0.05, 0.1) is 6.10 Å². The average Bonchev–Trinajstić information content (AvgIpc) is 3.02. The lowest BCUT2D eigenvalue weighted by atomic mass is 9.88. The van der Waals surface area contributed by atoms with E-state index in [-0.39, 0.29) is 0 Å². The van der Waals surface area contributed by atoms with Crippen molar-refractivity contribution in [2.75, 3.05) is 0 Å². The molecule has 3 rings (SSSR count). The summed E-state index contributed by atoms with van der Waals surface area (Å²) in [6, 6.07) is -0.574. The van der Waals surface area contributed by atoms with E-state index in [2.05, 4.69) is 10.1 Å². The van der Waals surface area contributed by atoms with Crippen LogP contribution >= 0.6 is 0 Å². The predicted octanol–water partition coefficient (Wildman–Crippen LogP) is 1.35. The first-order valence-electron chi connectivity index (χ1n) is 6.42. The fourth-order valence-electron chi connectivity index (χ4n) is 3.30. The number of aromatic nitrogens is 2. The summed E-state index contributed by atoms with van der Waals surface area (Å²) >= 11 is 0. The van der Waals surface area contributed by atoms with Crippen molar-refractivity contribution in [3.05, 3.63) is 11.7 Å². The molecule has 2 aliphatic carbocycles. The largest absolute Gasteiger partial charge is 0.391 e. The molecule has 17 heavy (non-hydrogen) atoms. The van der Waals surface area contributed by atoms with Gasteiger partial charge in [0.25, 0.3) is 0 Å². The van der Waals surface area contributed by atoms with Crippen LogP contribution in [0.3, 0.4) is 0 Å². The molecule has 94 valence electrons. The number of aliphatic hydroxyl groups is 1. The second-order valence-electron chi connectivity index (χ2n) is 5.54. The average molecular weight is 237 g/mol. The SMILES string of the molecule is C[C@@H](O)[C@H](N)c1nc(C2CC3CCC2C3)no1. The highest BCUT2D eigenvalue weighted by molar-refractivity contribution is 5.07. The van der Waals surface area contributed by atoms with Crippen molar-refractivity contribution >= 4 is 0 Å². The molecular weight excluding hydrogens is 218 g/mol. The Morgan fingerprint density at radius 3 is 2.82 bits per heavy atom. The van der Waals surface area contributed by atoms with E-state index in [9.17, 15) is 5.11 Å². The fourth-order valence-corrected chi connectivity index (χ4v) is 3.30. The highest BCUT2D eigenvalue weighted by atomic mass is 16.5. The van der Waals surface area contributed by atoms with Gasteiger partial charge < -0.3 is 15.4 Å². The number of nitrogens with zero attached hydrogens (tertiary/aromatic N) is 2. The molecule has 1 heterocycles. The van der Waals surface area contributed by atoms with Gasteiger partial charge in [-0.2, -0.15) is 4.98 Å². The zero-order chi connectivity index (χ0) is 12.0. The Balaban J connectivity index is 1.77. The van der Waals surface area contributed by atoms with E-state index >= 15 is 0 Å². The summed E-state index contributed by atoms with van der Waals surface area (Å²) in [5, 5.41) is 13.4. The molecule has 2 bridgehead atoms. The van der Waals surface area contributed by atoms with Gasteiger partial charge in [-0.3, -0.25) is 0 Å². The summed E-state index contributed by atoms with van der Waals surface area (Å²) in [7, 11) is 0. The minimum Gasteiger partial charge on any atom is -0.391 e. The van der Waals surface area contributed by atoms with Gasteiger partial charge in [-0.05, 0) is 38.0 Å². The maximum absolute atomic E-state index is 9.40. The lowest BCUT2D eigenvalue weighted by molar-refractivity contribution is 0.146. The van der Waals surface area contributed by atoms with Crippen LogP contribution in [0.4, 0.5) is 0 Å². The molecule has 5 nitrogen and oxygen atoms in total. The molecular formula is C12H19N3O2. The van der Waals surface area contributed by atoms with Crippen molar-refractivity contribution in [3.63, 3.8) is 0 Å². The molecule has 0 saturated heterocycles. The van der Waals surface area contributed by atoms with Crippen molar-refractivity contribution < 1.29 is 9.63 Å². The lowest BCUT2D eigenvalue weighted by Gasteiger charge is -2.17. The van der Waals surface area contributed by atoms with Crippen LogP contribution in [0.25, 0.3) is 0 Å². The molecule has 0 radical (unpaired) electrons. The van der Waals surface area contributed by atoms with Crippen LogP contribution in [-0.2, 0) is 0 Å². The van der Waals surface area contributed by atoms with Gasteiger partial charge in [-0.1, -0.05) is 11.6 Å². The van der Waals surface area contributed by atoms with Crippen LogP contribution < -0.4 is 5.73 Å². The Morgan fingerprint density at radius 1 is 1.41 bits per heavy atom. The molecule has 0 aliphatic heterocycles. The molecule has 2 aliphatic rings. The highest BCUT2D eigenvalue weighted by Crippen LogP contribution is 2.52. The summed E-state index contributed by atoms with van der Waals surface area (Å²) in [6.45, 7) is 1.63. The van der Waals surface area contributed by atoms with E-state index in [4.69, 9.17) is 10.3 Å². The summed E-state index contributed by atoms with van der Waals surface area (Å²) in [5.74, 6) is 3.19. The van der Waals surface area contributed by atoms with Crippen LogP contribution in [0, 0.1) is 11.8 Å². The monoisotopic (exact) mass is 237 g/mol. The maximum atomic E-state index is 9.40. The minimum absolute atomic E-state index is 0.359. The summed E-state index contributed by atoms with van der Waals surface area (Å²) < 4.78 is 5.16. The van der Waals surface area contributed by atoms with Gasteiger partial charge in [-0.25, -0.2) is 0 Å². The van der Waals surface area contributed by atoms with Gasteiger partial charge in [0.1, 0.15) is 6.04 Å². The third-order valence-electron chi connectivity index (χ3n) is 4.33. The minimum atomic E-state index is -0.664. The number of hydrogen-bond acceptors (Lipinski definition) is 5. The Morgan fingerprint density at radius 2 is 2.24 bits per heavy atom. The van der Waals surface area contributed by atoms with Crippen molar-refractivity contribution in [2.45, 2.75) is 50.7 Å². The van der Waals surface area contributed by atoms with Crippen LogP contribution in [0.2, 0.25) is 0 Å². The molecule has 3 N–H and O–H groups in total. The van der Waals surface area contributed by atoms with Gasteiger partial charge in [0.15, 0.2) is 5.82 Å². The molecule has 2 fully saturated rings. The zero-order valence-electron chi connectivity index (χ0n) is 10.0. The summed E-state index contributed by atoms with van der Waals surface area (Å²) in [5.41, 5.74) is 5.78. The van der Waals surface area contributed by atoms with Crippen LogP contribution in [0.15, 0.2) is 4.52 Å². The Hall–Kier alpha value is -0.940. The number of nitrogens with two attached hydrogens (primary N) is 1. The van der Waals surface area contributed by atoms with Crippen LogP contribution in [0.5, 0.6) is 0 Å². The third kappa shape index (κ3) is 1.87. The van der Waals surface area contributed by atoms with E-state index in [0.717, 1.165) is 17.7 Å². The van der Waals surface area contributed by atoms with E-state index < -0.39 is 12.1 Å². The lowest BCUT2D eigenvalue weighted by Crippen LogP contribution is -2.23. The number of hydrogen-bond donors (Lipinski definition) is 2. The number of rotatable bonds is 3. The molecule has 0 amide bonds. The smallest absolute Gasteiger partial charge is 0.246 e. The van der Waals surface area contributed by atoms with E-state index in [1.54, 1.807) is 6.92 Å².